The third-order valence-electron chi connectivity index (χ3n) is 3.46. The Bertz CT molecular complexity index is 692. The molecule has 2 aromatic rings. The monoisotopic (exact) mass is 344 g/mol. The third-order valence-corrected chi connectivity index (χ3v) is 3.46. The highest BCUT2D eigenvalue weighted by molar-refractivity contribution is 5.84. The number of para-hydroxylation sites is 1. The van der Waals surface area contributed by atoms with Gasteiger partial charge in [0.2, 0.25) is 11.8 Å². The first-order chi connectivity index (χ1) is 12.1. The first kappa shape index (κ1) is 18.4. The number of rotatable bonds is 9. The number of nitrogens with one attached hydrogen (secondary N) is 2. The van der Waals surface area contributed by atoms with Gasteiger partial charge >= 0.3 is 0 Å². The van der Waals surface area contributed by atoms with Crippen molar-refractivity contribution >= 4 is 11.8 Å². The predicted molar refractivity (Wildman–Crippen MR) is 92.7 cm³/mol. The molecule has 0 heterocycles. The molecule has 25 heavy (non-hydrogen) atoms. The second-order valence-electron chi connectivity index (χ2n) is 5.38. The molecule has 2 N–H and O–H groups in total. The van der Waals surface area contributed by atoms with Gasteiger partial charge in [-0.25, -0.2) is 4.39 Å². The number of benzene rings is 2. The normalized spacial score (nSPS) is 10.1. The zero-order valence-corrected chi connectivity index (χ0v) is 13.8. The summed E-state index contributed by atoms with van der Waals surface area (Å²) in [4.78, 5) is 23.3. The summed E-state index contributed by atoms with van der Waals surface area (Å²) in [5.74, 6) is -0.168. The minimum absolute atomic E-state index is 0.110. The summed E-state index contributed by atoms with van der Waals surface area (Å²) < 4.78 is 18.8. The van der Waals surface area contributed by atoms with Crippen molar-refractivity contribution in [1.29, 1.82) is 0 Å². The zero-order chi connectivity index (χ0) is 17.9. The van der Waals surface area contributed by atoms with Gasteiger partial charge in [0.15, 0.2) is 0 Å². The maximum Gasteiger partial charge on any atom is 0.239 e. The molecule has 0 fully saturated rings. The number of carbonyl (C=O) groups excluding carboxylic acids is 2. The van der Waals surface area contributed by atoms with Crippen molar-refractivity contribution in [1.82, 2.24) is 10.6 Å². The van der Waals surface area contributed by atoms with Crippen LogP contribution in [0.4, 0.5) is 4.39 Å². The van der Waals surface area contributed by atoms with E-state index in [4.69, 9.17) is 4.74 Å². The molecule has 2 rings (SSSR count). The van der Waals surface area contributed by atoms with E-state index in [1.807, 2.05) is 18.2 Å². The highest BCUT2D eigenvalue weighted by Gasteiger charge is 2.06. The SMILES string of the molecule is O=C(CCOc1ccccc1)NCC(=O)NCCc1ccccc1F. The van der Waals surface area contributed by atoms with Gasteiger partial charge in [-0.15, -0.1) is 0 Å². The molecular formula is C19H21FN2O3. The number of hydrogen-bond acceptors (Lipinski definition) is 3. The number of hydrogen-bond donors (Lipinski definition) is 2. The fourth-order valence-electron chi connectivity index (χ4n) is 2.15. The summed E-state index contributed by atoms with van der Waals surface area (Å²) >= 11 is 0. The molecule has 0 unspecified atom stereocenters. The molecule has 0 atom stereocenters. The van der Waals surface area contributed by atoms with Crippen molar-refractivity contribution in [3.63, 3.8) is 0 Å². The molecule has 0 aliphatic carbocycles. The molecule has 0 aromatic heterocycles. The predicted octanol–water partition coefficient (Wildman–Crippen LogP) is 2.07. The lowest BCUT2D eigenvalue weighted by atomic mass is 10.1. The second-order valence-corrected chi connectivity index (χ2v) is 5.38. The Morgan fingerprint density at radius 2 is 1.64 bits per heavy atom. The Balaban J connectivity index is 1.56. The van der Waals surface area contributed by atoms with Gasteiger partial charge in [0, 0.05) is 6.54 Å². The van der Waals surface area contributed by atoms with Gasteiger partial charge in [-0.2, -0.15) is 0 Å². The first-order valence-corrected chi connectivity index (χ1v) is 8.10. The Morgan fingerprint density at radius 3 is 2.40 bits per heavy atom. The van der Waals surface area contributed by atoms with Crippen molar-refractivity contribution in [2.75, 3.05) is 19.7 Å². The minimum Gasteiger partial charge on any atom is -0.493 e. The molecule has 0 bridgehead atoms. The van der Waals surface area contributed by atoms with Crippen LogP contribution in [0.1, 0.15) is 12.0 Å². The summed E-state index contributed by atoms with van der Waals surface area (Å²) in [5.41, 5.74) is 0.546. The molecular weight excluding hydrogens is 323 g/mol. The van der Waals surface area contributed by atoms with Gasteiger partial charge in [0.1, 0.15) is 11.6 Å². The number of carbonyl (C=O) groups is 2. The summed E-state index contributed by atoms with van der Waals surface area (Å²) in [6.45, 7) is 0.443. The van der Waals surface area contributed by atoms with Crippen LogP contribution in [0.25, 0.3) is 0 Å². The second kappa shape index (κ2) is 10.1. The van der Waals surface area contributed by atoms with Gasteiger partial charge in [-0.1, -0.05) is 36.4 Å². The van der Waals surface area contributed by atoms with E-state index in [1.54, 1.807) is 30.3 Å². The van der Waals surface area contributed by atoms with Crippen molar-refractivity contribution in [3.05, 3.63) is 66.0 Å². The Morgan fingerprint density at radius 1 is 0.920 bits per heavy atom. The van der Waals surface area contributed by atoms with Crippen LogP contribution in [-0.2, 0) is 16.0 Å². The molecule has 132 valence electrons. The van der Waals surface area contributed by atoms with Crippen molar-refractivity contribution in [2.24, 2.45) is 0 Å². The van der Waals surface area contributed by atoms with E-state index >= 15 is 0 Å². The maximum atomic E-state index is 13.4. The average molecular weight is 344 g/mol. The first-order valence-electron chi connectivity index (χ1n) is 8.10. The van der Waals surface area contributed by atoms with Gasteiger partial charge < -0.3 is 15.4 Å². The standard InChI is InChI=1S/C19H21FN2O3/c20-17-9-5-4-6-15(17)10-12-21-19(24)14-22-18(23)11-13-25-16-7-2-1-3-8-16/h1-9H,10-14H2,(H,21,24)(H,22,23). The van der Waals surface area contributed by atoms with E-state index in [0.717, 1.165) is 0 Å². The topological polar surface area (TPSA) is 67.4 Å². The average Bonchev–Trinajstić information content (AvgIpc) is 2.62. The lowest BCUT2D eigenvalue weighted by Crippen LogP contribution is -2.38. The van der Waals surface area contributed by atoms with E-state index in [1.165, 1.54) is 6.07 Å². The van der Waals surface area contributed by atoms with Crippen LogP contribution in [0.2, 0.25) is 0 Å². The van der Waals surface area contributed by atoms with E-state index < -0.39 is 0 Å². The zero-order valence-electron chi connectivity index (χ0n) is 13.8. The summed E-state index contributed by atoms with van der Waals surface area (Å²) in [6, 6.07) is 15.6. The fraction of sp³-hybridized carbons (Fsp3) is 0.263. The van der Waals surface area contributed by atoms with Crippen LogP contribution in [0, 0.1) is 5.82 Å². The number of ether oxygens (including phenoxy) is 1. The lowest BCUT2D eigenvalue weighted by molar-refractivity contribution is -0.126. The molecule has 0 radical (unpaired) electrons. The van der Waals surface area contributed by atoms with Gasteiger partial charge in [0.25, 0.3) is 0 Å². The molecule has 0 aliphatic rings. The third kappa shape index (κ3) is 7.03. The van der Waals surface area contributed by atoms with Gasteiger partial charge in [-0.05, 0) is 30.2 Å². The van der Waals surface area contributed by atoms with E-state index in [2.05, 4.69) is 10.6 Å². The smallest absolute Gasteiger partial charge is 0.239 e. The largest absolute Gasteiger partial charge is 0.493 e. The van der Waals surface area contributed by atoms with Crippen molar-refractivity contribution in [3.8, 4) is 5.75 Å². The Kier molecular flexibility index (Phi) is 7.43. The van der Waals surface area contributed by atoms with Gasteiger partial charge in [-0.3, -0.25) is 9.59 Å². The van der Waals surface area contributed by atoms with Crippen LogP contribution in [-0.4, -0.2) is 31.5 Å². The van der Waals surface area contributed by atoms with E-state index in [9.17, 15) is 14.0 Å². The molecule has 5 nitrogen and oxygen atoms in total. The molecule has 0 saturated heterocycles. The summed E-state index contributed by atoms with van der Waals surface area (Å²) in [7, 11) is 0. The minimum atomic E-state index is -0.311. The Labute approximate surface area is 146 Å². The highest BCUT2D eigenvalue weighted by atomic mass is 19.1. The lowest BCUT2D eigenvalue weighted by Gasteiger charge is -2.08. The fourth-order valence-corrected chi connectivity index (χ4v) is 2.15. The van der Waals surface area contributed by atoms with Crippen LogP contribution < -0.4 is 15.4 Å². The van der Waals surface area contributed by atoms with E-state index in [0.29, 0.717) is 24.3 Å². The molecule has 6 heteroatoms. The molecule has 0 saturated carbocycles. The quantitative estimate of drug-likeness (QED) is 0.732. The molecule has 2 amide bonds. The van der Waals surface area contributed by atoms with Gasteiger partial charge in [0.05, 0.1) is 19.6 Å². The number of halogens is 1. The molecule has 2 aromatic carbocycles. The summed E-state index contributed by atoms with van der Waals surface area (Å²) in [5, 5.41) is 5.17. The number of amides is 2. The molecule has 0 spiro atoms. The summed E-state index contributed by atoms with van der Waals surface area (Å²) in [6.07, 6.45) is 0.564. The van der Waals surface area contributed by atoms with Crippen LogP contribution in [0.5, 0.6) is 5.75 Å². The maximum absolute atomic E-state index is 13.4. The highest BCUT2D eigenvalue weighted by Crippen LogP contribution is 2.08. The van der Waals surface area contributed by atoms with Crippen molar-refractivity contribution in [2.45, 2.75) is 12.8 Å². The van der Waals surface area contributed by atoms with Crippen LogP contribution in [0.3, 0.4) is 0 Å². The van der Waals surface area contributed by atoms with Crippen LogP contribution >= 0.6 is 0 Å². The van der Waals surface area contributed by atoms with Crippen molar-refractivity contribution < 1.29 is 18.7 Å². The van der Waals surface area contributed by atoms with E-state index in [-0.39, 0.29) is 37.2 Å². The van der Waals surface area contributed by atoms with Crippen LogP contribution in [0.15, 0.2) is 54.6 Å². The Hall–Kier alpha value is -2.89. The molecule has 0 aliphatic heterocycles.